The van der Waals surface area contributed by atoms with Crippen LogP contribution in [0.15, 0.2) is 59.6 Å². The van der Waals surface area contributed by atoms with Crippen molar-refractivity contribution in [3.8, 4) is 5.75 Å². The number of rotatable bonds is 6. The van der Waals surface area contributed by atoms with Gasteiger partial charge in [0.15, 0.2) is 5.96 Å². The van der Waals surface area contributed by atoms with Crippen LogP contribution in [-0.4, -0.2) is 24.4 Å². The topological polar surface area (TPSA) is 120 Å². The van der Waals surface area contributed by atoms with Gasteiger partial charge in [0.1, 0.15) is 5.75 Å². The van der Waals surface area contributed by atoms with Gasteiger partial charge in [0.05, 0.1) is 12.1 Å². The zero-order chi connectivity index (χ0) is 17.4. The molecule has 0 bridgehead atoms. The van der Waals surface area contributed by atoms with E-state index in [0.717, 1.165) is 0 Å². The number of carbonyl (C=O) groups is 2. The molecular formula is C17H18N4O3. The van der Waals surface area contributed by atoms with Gasteiger partial charge in [-0.1, -0.05) is 18.2 Å². The molecule has 5 N–H and O–H groups in total. The largest absolute Gasteiger partial charge is 0.426 e. The third-order valence-corrected chi connectivity index (χ3v) is 2.98. The highest BCUT2D eigenvalue weighted by Crippen LogP contribution is 2.18. The monoisotopic (exact) mass is 326 g/mol. The van der Waals surface area contributed by atoms with Crippen LogP contribution in [-0.2, 0) is 4.79 Å². The number of amides is 1. The molecule has 0 fully saturated rings. The maximum absolute atomic E-state index is 11.8. The minimum absolute atomic E-state index is 0.0473. The summed E-state index contributed by atoms with van der Waals surface area (Å²) in [5, 5.41) is 2.66. The lowest BCUT2D eigenvalue weighted by molar-refractivity contribution is -0.134. The molecule has 7 heteroatoms. The quantitative estimate of drug-likeness (QED) is 0.320. The third kappa shape index (κ3) is 5.45. The Kier molecular flexibility index (Phi) is 5.90. The van der Waals surface area contributed by atoms with Gasteiger partial charge in [0.2, 0.25) is 0 Å². The Morgan fingerprint density at radius 3 is 2.29 bits per heavy atom. The second-order valence-corrected chi connectivity index (χ2v) is 4.88. The molecule has 124 valence electrons. The van der Waals surface area contributed by atoms with E-state index in [-0.39, 0.29) is 24.8 Å². The van der Waals surface area contributed by atoms with Crippen molar-refractivity contribution in [1.29, 1.82) is 0 Å². The summed E-state index contributed by atoms with van der Waals surface area (Å²) in [7, 11) is 0. The van der Waals surface area contributed by atoms with E-state index in [1.54, 1.807) is 48.5 Å². The molecule has 0 unspecified atom stereocenters. The molecule has 0 spiro atoms. The van der Waals surface area contributed by atoms with E-state index in [9.17, 15) is 9.59 Å². The predicted octanol–water partition coefficient (Wildman–Crippen LogP) is 1.32. The zero-order valence-corrected chi connectivity index (χ0v) is 12.9. The van der Waals surface area contributed by atoms with E-state index in [2.05, 4.69) is 10.3 Å². The van der Waals surface area contributed by atoms with Crippen LogP contribution < -0.4 is 21.5 Å². The standard InChI is InChI=1S/C17H18N4O3/c18-17(19)21-13-6-8-14(9-7-13)24-15(22)10-11-20-16(23)12-4-2-1-3-5-12/h1-9H,10-11H2,(H,20,23)(H4,18,19,21). The summed E-state index contributed by atoms with van der Waals surface area (Å²) in [5.74, 6) is -0.347. The van der Waals surface area contributed by atoms with E-state index in [1.165, 1.54) is 0 Å². The van der Waals surface area contributed by atoms with Crippen LogP contribution >= 0.6 is 0 Å². The minimum atomic E-state index is -0.446. The SMILES string of the molecule is NC(N)=Nc1ccc(OC(=O)CCNC(=O)c2ccccc2)cc1. The molecule has 2 rings (SSSR count). The van der Waals surface area contributed by atoms with Gasteiger partial charge < -0.3 is 21.5 Å². The summed E-state index contributed by atoms with van der Waals surface area (Å²) in [6.45, 7) is 0.193. The number of nitrogens with zero attached hydrogens (tertiary/aromatic N) is 1. The molecule has 7 nitrogen and oxygen atoms in total. The first-order valence-corrected chi connectivity index (χ1v) is 7.28. The average Bonchev–Trinajstić information content (AvgIpc) is 2.57. The van der Waals surface area contributed by atoms with Gasteiger partial charge >= 0.3 is 5.97 Å². The summed E-state index contributed by atoms with van der Waals surface area (Å²) >= 11 is 0. The molecule has 2 aromatic rings. The summed E-state index contributed by atoms with van der Waals surface area (Å²) in [6.07, 6.45) is 0.0637. The molecule has 0 radical (unpaired) electrons. The van der Waals surface area contributed by atoms with Crippen molar-refractivity contribution in [2.75, 3.05) is 6.54 Å². The first-order chi connectivity index (χ1) is 11.5. The van der Waals surface area contributed by atoms with Crippen molar-refractivity contribution in [1.82, 2.24) is 5.32 Å². The van der Waals surface area contributed by atoms with Gasteiger partial charge in [-0.05, 0) is 36.4 Å². The van der Waals surface area contributed by atoms with Crippen molar-refractivity contribution in [2.24, 2.45) is 16.5 Å². The summed E-state index contributed by atoms with van der Waals surface area (Å²) in [5.41, 5.74) is 11.6. The number of hydrogen-bond acceptors (Lipinski definition) is 4. The minimum Gasteiger partial charge on any atom is -0.426 e. The smallest absolute Gasteiger partial charge is 0.312 e. The van der Waals surface area contributed by atoms with Crippen molar-refractivity contribution in [3.05, 3.63) is 60.2 Å². The van der Waals surface area contributed by atoms with Gasteiger partial charge in [0, 0.05) is 12.1 Å². The number of hydrogen-bond donors (Lipinski definition) is 3. The molecule has 0 aliphatic heterocycles. The maximum Gasteiger partial charge on any atom is 0.312 e. The fourth-order valence-electron chi connectivity index (χ4n) is 1.89. The van der Waals surface area contributed by atoms with Crippen LogP contribution in [0, 0.1) is 0 Å². The van der Waals surface area contributed by atoms with Crippen molar-refractivity contribution >= 4 is 23.5 Å². The number of guanidine groups is 1. The van der Waals surface area contributed by atoms with Gasteiger partial charge in [-0.2, -0.15) is 0 Å². The Bertz CT molecular complexity index is 723. The molecule has 2 aromatic carbocycles. The number of nitrogens with two attached hydrogens (primary N) is 2. The van der Waals surface area contributed by atoms with Crippen LogP contribution in [0.4, 0.5) is 5.69 Å². The Hall–Kier alpha value is -3.35. The van der Waals surface area contributed by atoms with Crippen LogP contribution in [0.3, 0.4) is 0 Å². The normalized spacial score (nSPS) is 9.83. The molecular weight excluding hydrogens is 308 g/mol. The van der Waals surface area contributed by atoms with Crippen LogP contribution in [0.5, 0.6) is 5.75 Å². The summed E-state index contributed by atoms with van der Waals surface area (Å²) < 4.78 is 5.16. The highest BCUT2D eigenvalue weighted by atomic mass is 16.5. The molecule has 0 saturated carbocycles. The fraction of sp³-hybridized carbons (Fsp3) is 0.118. The molecule has 1 amide bonds. The van der Waals surface area contributed by atoms with Crippen LogP contribution in [0.25, 0.3) is 0 Å². The number of benzene rings is 2. The van der Waals surface area contributed by atoms with Crippen molar-refractivity contribution in [2.45, 2.75) is 6.42 Å². The van der Waals surface area contributed by atoms with E-state index < -0.39 is 5.97 Å². The van der Waals surface area contributed by atoms with Gasteiger partial charge in [-0.15, -0.1) is 0 Å². The first kappa shape index (κ1) is 17.0. The van der Waals surface area contributed by atoms with Crippen molar-refractivity contribution < 1.29 is 14.3 Å². The molecule has 0 aliphatic carbocycles. The first-order valence-electron chi connectivity index (χ1n) is 7.28. The second kappa shape index (κ2) is 8.33. The van der Waals surface area contributed by atoms with Crippen LogP contribution in [0.2, 0.25) is 0 Å². The summed E-state index contributed by atoms with van der Waals surface area (Å²) in [4.78, 5) is 27.4. The molecule has 0 aromatic heterocycles. The van der Waals surface area contributed by atoms with E-state index >= 15 is 0 Å². The van der Waals surface area contributed by atoms with Crippen LogP contribution in [0.1, 0.15) is 16.8 Å². The number of carbonyl (C=O) groups excluding carboxylic acids is 2. The summed E-state index contributed by atoms with van der Waals surface area (Å²) in [6, 6.07) is 15.2. The number of ether oxygens (including phenoxy) is 1. The van der Waals surface area contributed by atoms with E-state index in [4.69, 9.17) is 16.2 Å². The average molecular weight is 326 g/mol. The van der Waals surface area contributed by atoms with Gasteiger partial charge in [0.25, 0.3) is 5.91 Å². The molecule has 0 heterocycles. The number of nitrogens with one attached hydrogen (secondary N) is 1. The van der Waals surface area contributed by atoms with Gasteiger partial charge in [-0.3, -0.25) is 9.59 Å². The highest BCUT2D eigenvalue weighted by Gasteiger charge is 2.08. The predicted molar refractivity (Wildman–Crippen MR) is 90.9 cm³/mol. The Balaban J connectivity index is 1.77. The molecule has 0 atom stereocenters. The number of esters is 1. The molecule has 24 heavy (non-hydrogen) atoms. The lowest BCUT2D eigenvalue weighted by Gasteiger charge is -2.06. The lowest BCUT2D eigenvalue weighted by atomic mass is 10.2. The zero-order valence-electron chi connectivity index (χ0n) is 12.9. The van der Waals surface area contributed by atoms with Crippen molar-refractivity contribution in [3.63, 3.8) is 0 Å². The Morgan fingerprint density at radius 1 is 1.00 bits per heavy atom. The second-order valence-electron chi connectivity index (χ2n) is 4.88. The fourth-order valence-corrected chi connectivity index (χ4v) is 1.89. The number of aliphatic imine (C=N–C) groups is 1. The van der Waals surface area contributed by atoms with Gasteiger partial charge in [-0.25, -0.2) is 4.99 Å². The Labute approximate surface area is 139 Å². The maximum atomic E-state index is 11.8. The van der Waals surface area contributed by atoms with E-state index in [0.29, 0.717) is 17.0 Å². The van der Waals surface area contributed by atoms with E-state index in [1.807, 2.05) is 6.07 Å². The third-order valence-electron chi connectivity index (χ3n) is 2.98. The highest BCUT2D eigenvalue weighted by molar-refractivity contribution is 5.94. The Morgan fingerprint density at radius 2 is 1.67 bits per heavy atom. The molecule has 0 aliphatic rings. The molecule has 0 saturated heterocycles. The lowest BCUT2D eigenvalue weighted by Crippen LogP contribution is -2.27.